The lowest BCUT2D eigenvalue weighted by atomic mass is 9.81. The van der Waals surface area contributed by atoms with Crippen molar-refractivity contribution < 1.29 is 23.1 Å². The summed E-state index contributed by atoms with van der Waals surface area (Å²) in [6.07, 6.45) is 5.17. The van der Waals surface area contributed by atoms with E-state index in [2.05, 4.69) is 9.97 Å². The molecule has 2 heterocycles. The van der Waals surface area contributed by atoms with Gasteiger partial charge in [-0.05, 0) is 53.6 Å². The summed E-state index contributed by atoms with van der Waals surface area (Å²) in [5, 5.41) is 11.7. The third kappa shape index (κ3) is 5.27. The zero-order valence-electron chi connectivity index (χ0n) is 23.1. The Hall–Kier alpha value is -4.50. The molecule has 1 unspecified atom stereocenters. The second-order valence-corrected chi connectivity index (χ2v) is 12.7. The summed E-state index contributed by atoms with van der Waals surface area (Å²) < 4.78 is 33.8. The van der Waals surface area contributed by atoms with Gasteiger partial charge in [-0.15, -0.1) is 0 Å². The van der Waals surface area contributed by atoms with Crippen LogP contribution in [0.5, 0.6) is 0 Å². The van der Waals surface area contributed by atoms with Crippen LogP contribution < -0.4 is 4.31 Å². The summed E-state index contributed by atoms with van der Waals surface area (Å²) in [5.74, 6) is -0.926. The number of sulfonamides is 1. The molecule has 6 rings (SSSR count). The molecule has 8 nitrogen and oxygen atoms in total. The van der Waals surface area contributed by atoms with Gasteiger partial charge >= 0.3 is 5.97 Å². The topological polar surface area (TPSA) is 110 Å². The maximum absolute atomic E-state index is 13.7. The minimum absolute atomic E-state index is 0.0545. The molecule has 1 aliphatic heterocycles. The van der Waals surface area contributed by atoms with E-state index in [9.17, 15) is 18.3 Å². The largest absolute Gasteiger partial charge is 0.507 e. The second kappa shape index (κ2) is 11.1. The number of rotatable bonds is 10. The Morgan fingerprint density at radius 2 is 1.50 bits per heavy atom. The first-order valence-corrected chi connectivity index (χ1v) is 15.3. The molecule has 9 heteroatoms. The zero-order chi connectivity index (χ0) is 29.3. The highest BCUT2D eigenvalue weighted by atomic mass is 32.2. The van der Waals surface area contributed by atoms with Gasteiger partial charge in [0.25, 0.3) is 15.2 Å². The Morgan fingerprint density at radius 1 is 0.905 bits per heavy atom. The lowest BCUT2D eigenvalue weighted by Crippen LogP contribution is -2.37. The zero-order valence-corrected chi connectivity index (χ0v) is 23.9. The minimum atomic E-state index is -4.01. The number of aliphatic hydroxyl groups excluding tert-OH is 1. The molecule has 0 amide bonds. The maximum Gasteiger partial charge on any atom is 0.339 e. The average molecular weight is 582 g/mol. The van der Waals surface area contributed by atoms with Gasteiger partial charge in [-0.1, -0.05) is 72.8 Å². The van der Waals surface area contributed by atoms with Crippen molar-refractivity contribution in [3.05, 3.63) is 131 Å². The van der Waals surface area contributed by atoms with Crippen LogP contribution in [0.15, 0.2) is 120 Å². The molecular formula is C33H31N3O5S. The Labute approximate surface area is 245 Å². The number of aromatic nitrogens is 2. The predicted molar refractivity (Wildman–Crippen MR) is 158 cm³/mol. The SMILES string of the molecule is CN(c1cccc(C(C2=C(O)C(Cc3ccccc3)(Cc3ccccc3)OC2=O)C2CC2)c1)S(=O)(=O)c1ncccn1. The van der Waals surface area contributed by atoms with E-state index in [0.29, 0.717) is 18.5 Å². The smallest absolute Gasteiger partial charge is 0.339 e. The molecule has 0 bridgehead atoms. The first kappa shape index (κ1) is 27.7. The molecule has 3 aromatic carbocycles. The molecule has 2 aliphatic rings. The third-order valence-electron chi connectivity index (χ3n) is 7.99. The molecule has 0 spiro atoms. The predicted octanol–water partition coefficient (Wildman–Crippen LogP) is 5.39. The lowest BCUT2D eigenvalue weighted by Gasteiger charge is -2.29. The Bertz CT molecular complexity index is 1680. The van der Waals surface area contributed by atoms with Crippen molar-refractivity contribution in [3.8, 4) is 0 Å². The fourth-order valence-electron chi connectivity index (χ4n) is 5.75. The summed E-state index contributed by atoms with van der Waals surface area (Å²) in [7, 11) is -2.56. The standard InChI is InChI=1S/C33H31N3O5S/c1-36(42(39,40)32-34-18-9-19-35-32)27-15-8-14-26(20-27)28(25-16-17-25)29-30(37)33(41-31(29)38,21-23-10-4-2-5-11-23)22-24-12-6-3-7-13-24/h2-15,18-20,25,28,37H,16-17,21-22H2,1H3. The van der Waals surface area contributed by atoms with Crippen LogP contribution in [0.1, 0.15) is 35.4 Å². The average Bonchev–Trinajstić information content (AvgIpc) is 3.82. The number of anilines is 1. The van der Waals surface area contributed by atoms with E-state index in [0.717, 1.165) is 33.8 Å². The van der Waals surface area contributed by atoms with Gasteiger partial charge in [0.15, 0.2) is 5.60 Å². The lowest BCUT2D eigenvalue weighted by molar-refractivity contribution is -0.148. The van der Waals surface area contributed by atoms with Crippen molar-refractivity contribution in [2.75, 3.05) is 11.4 Å². The molecule has 1 aliphatic carbocycles. The van der Waals surface area contributed by atoms with Crippen LogP contribution in [0.3, 0.4) is 0 Å². The van der Waals surface area contributed by atoms with Crippen LogP contribution in [0, 0.1) is 5.92 Å². The molecule has 4 aromatic rings. The van der Waals surface area contributed by atoms with Crippen LogP contribution in [-0.4, -0.2) is 42.1 Å². The van der Waals surface area contributed by atoms with E-state index in [-0.39, 0.29) is 22.4 Å². The van der Waals surface area contributed by atoms with Crippen molar-refractivity contribution in [2.24, 2.45) is 5.92 Å². The molecule has 0 saturated heterocycles. The van der Waals surface area contributed by atoms with Crippen molar-refractivity contribution in [2.45, 2.75) is 42.4 Å². The number of carbonyl (C=O) groups excluding carboxylic acids is 1. The Balaban J connectivity index is 1.41. The summed E-state index contributed by atoms with van der Waals surface area (Å²) in [6, 6.07) is 28.0. The number of nitrogens with zero attached hydrogens (tertiary/aromatic N) is 3. The third-order valence-corrected chi connectivity index (χ3v) is 9.59. The minimum Gasteiger partial charge on any atom is -0.507 e. The van der Waals surface area contributed by atoms with Crippen molar-refractivity contribution >= 4 is 21.7 Å². The van der Waals surface area contributed by atoms with Crippen molar-refractivity contribution in [1.82, 2.24) is 9.97 Å². The van der Waals surface area contributed by atoms with E-state index in [1.54, 1.807) is 24.3 Å². The van der Waals surface area contributed by atoms with E-state index in [4.69, 9.17) is 4.74 Å². The van der Waals surface area contributed by atoms with Gasteiger partial charge < -0.3 is 9.84 Å². The van der Waals surface area contributed by atoms with Crippen LogP contribution in [0.25, 0.3) is 0 Å². The summed E-state index contributed by atoms with van der Waals surface area (Å²) in [6.45, 7) is 0. The van der Waals surface area contributed by atoms with Gasteiger partial charge in [0.1, 0.15) is 5.76 Å². The van der Waals surface area contributed by atoms with Crippen molar-refractivity contribution in [1.29, 1.82) is 0 Å². The van der Waals surface area contributed by atoms with Gasteiger partial charge in [-0.3, -0.25) is 4.31 Å². The van der Waals surface area contributed by atoms with Crippen LogP contribution in [0.2, 0.25) is 0 Å². The van der Waals surface area contributed by atoms with E-state index in [1.807, 2.05) is 66.7 Å². The van der Waals surface area contributed by atoms with E-state index in [1.165, 1.54) is 19.4 Å². The number of aliphatic hydroxyl groups is 1. The fraction of sp³-hybridized carbons (Fsp3) is 0.242. The number of hydrogen-bond acceptors (Lipinski definition) is 7. The van der Waals surface area contributed by atoms with E-state index < -0.39 is 27.5 Å². The summed E-state index contributed by atoms with van der Waals surface area (Å²) >= 11 is 0. The van der Waals surface area contributed by atoms with Gasteiger partial charge in [-0.2, -0.15) is 8.42 Å². The highest BCUT2D eigenvalue weighted by molar-refractivity contribution is 7.92. The molecule has 214 valence electrons. The van der Waals surface area contributed by atoms with Gasteiger partial charge in [0.2, 0.25) is 0 Å². The first-order chi connectivity index (χ1) is 20.3. The molecule has 1 fully saturated rings. The fourth-order valence-corrected chi connectivity index (χ4v) is 6.77. The molecule has 1 saturated carbocycles. The van der Waals surface area contributed by atoms with Gasteiger partial charge in [0.05, 0.1) is 11.3 Å². The van der Waals surface area contributed by atoms with Crippen LogP contribution in [-0.2, 0) is 32.4 Å². The number of carbonyl (C=O) groups is 1. The first-order valence-electron chi connectivity index (χ1n) is 13.9. The van der Waals surface area contributed by atoms with Gasteiger partial charge in [-0.25, -0.2) is 14.8 Å². The molecule has 1 N–H and O–H groups in total. The number of hydrogen-bond donors (Lipinski definition) is 1. The second-order valence-electron chi connectivity index (χ2n) is 10.9. The number of benzene rings is 3. The molecule has 1 aromatic heterocycles. The van der Waals surface area contributed by atoms with Crippen molar-refractivity contribution in [3.63, 3.8) is 0 Å². The quantitative estimate of drug-likeness (QED) is 0.198. The van der Waals surface area contributed by atoms with Crippen LogP contribution in [0.4, 0.5) is 5.69 Å². The van der Waals surface area contributed by atoms with Gasteiger partial charge in [0, 0.05) is 38.2 Å². The monoisotopic (exact) mass is 581 g/mol. The molecule has 42 heavy (non-hydrogen) atoms. The highest BCUT2D eigenvalue weighted by Gasteiger charge is 2.52. The van der Waals surface area contributed by atoms with E-state index >= 15 is 0 Å². The summed E-state index contributed by atoms with van der Waals surface area (Å²) in [5.41, 5.74) is 2.00. The van der Waals surface area contributed by atoms with Crippen LogP contribution >= 0.6 is 0 Å². The highest BCUT2D eigenvalue weighted by Crippen LogP contribution is 2.52. The summed E-state index contributed by atoms with van der Waals surface area (Å²) in [4.78, 5) is 21.6. The molecular weight excluding hydrogens is 550 g/mol. The number of ether oxygens (including phenoxy) is 1. The Morgan fingerprint density at radius 3 is 2.07 bits per heavy atom. The number of esters is 1. The Kier molecular flexibility index (Phi) is 7.28. The number of cyclic esters (lactones) is 1. The maximum atomic E-state index is 13.7. The molecule has 1 atom stereocenters. The normalized spacial score (nSPS) is 17.1. The molecule has 0 radical (unpaired) electrons.